The quantitative estimate of drug-likeness (QED) is 0.943. The van der Waals surface area contributed by atoms with Crippen LogP contribution in [0.5, 0.6) is 0 Å². The third kappa shape index (κ3) is 3.11. The van der Waals surface area contributed by atoms with E-state index >= 15 is 0 Å². The van der Waals surface area contributed by atoms with Gasteiger partial charge in [-0.05, 0) is 41.5 Å². The van der Waals surface area contributed by atoms with Gasteiger partial charge in [-0.2, -0.15) is 0 Å². The third-order valence-corrected chi connectivity index (χ3v) is 3.29. The highest BCUT2D eigenvalue weighted by molar-refractivity contribution is 9.10. The molecule has 17 heavy (non-hydrogen) atoms. The van der Waals surface area contributed by atoms with Gasteiger partial charge in [0.25, 0.3) is 0 Å². The van der Waals surface area contributed by atoms with E-state index in [4.69, 9.17) is 0 Å². The summed E-state index contributed by atoms with van der Waals surface area (Å²) in [4.78, 5) is 3.89. The SMILES string of the molecule is OC(Cc1cc(F)ccc1Br)c1ccncc1. The molecule has 1 unspecified atom stereocenters. The molecule has 0 bridgehead atoms. The Morgan fingerprint density at radius 1 is 1.24 bits per heavy atom. The number of benzene rings is 1. The highest BCUT2D eigenvalue weighted by Crippen LogP contribution is 2.24. The van der Waals surface area contributed by atoms with Gasteiger partial charge in [-0.25, -0.2) is 4.39 Å². The Balaban J connectivity index is 2.18. The zero-order chi connectivity index (χ0) is 12.3. The molecule has 4 heteroatoms. The van der Waals surface area contributed by atoms with E-state index in [1.165, 1.54) is 12.1 Å². The van der Waals surface area contributed by atoms with Crippen molar-refractivity contribution in [3.63, 3.8) is 0 Å². The fraction of sp³-hybridized carbons (Fsp3) is 0.154. The Bertz CT molecular complexity index is 504. The molecule has 1 atom stereocenters. The summed E-state index contributed by atoms with van der Waals surface area (Å²) >= 11 is 3.34. The standard InChI is InChI=1S/C13H11BrFNO/c14-12-2-1-11(15)7-10(12)8-13(17)9-3-5-16-6-4-9/h1-7,13,17H,8H2. The lowest BCUT2D eigenvalue weighted by Crippen LogP contribution is -2.02. The number of nitrogens with zero attached hydrogens (tertiary/aromatic N) is 1. The van der Waals surface area contributed by atoms with E-state index in [1.54, 1.807) is 30.6 Å². The summed E-state index contributed by atoms with van der Waals surface area (Å²) in [5.41, 5.74) is 1.52. The minimum absolute atomic E-state index is 0.301. The highest BCUT2D eigenvalue weighted by atomic mass is 79.9. The summed E-state index contributed by atoms with van der Waals surface area (Å²) in [6, 6.07) is 7.95. The Morgan fingerprint density at radius 2 is 1.94 bits per heavy atom. The molecule has 0 saturated carbocycles. The van der Waals surface area contributed by atoms with Crippen LogP contribution in [0.4, 0.5) is 4.39 Å². The Morgan fingerprint density at radius 3 is 2.65 bits per heavy atom. The first-order chi connectivity index (χ1) is 8.16. The molecule has 1 aromatic carbocycles. The van der Waals surface area contributed by atoms with Crippen molar-refractivity contribution in [1.29, 1.82) is 0 Å². The second-order valence-corrected chi connectivity index (χ2v) is 4.59. The van der Waals surface area contributed by atoms with Gasteiger partial charge >= 0.3 is 0 Å². The van der Waals surface area contributed by atoms with E-state index in [0.29, 0.717) is 6.42 Å². The van der Waals surface area contributed by atoms with Crippen molar-refractivity contribution >= 4 is 15.9 Å². The zero-order valence-electron chi connectivity index (χ0n) is 8.98. The lowest BCUT2D eigenvalue weighted by molar-refractivity contribution is 0.178. The molecule has 0 saturated heterocycles. The largest absolute Gasteiger partial charge is 0.388 e. The van der Waals surface area contributed by atoms with E-state index in [1.807, 2.05) is 0 Å². The summed E-state index contributed by atoms with van der Waals surface area (Å²) in [6.45, 7) is 0. The van der Waals surface area contributed by atoms with Crippen molar-refractivity contribution in [3.8, 4) is 0 Å². The van der Waals surface area contributed by atoms with Gasteiger partial charge in [-0.3, -0.25) is 4.98 Å². The summed E-state index contributed by atoms with van der Waals surface area (Å²) < 4.78 is 13.9. The molecular formula is C13H11BrFNO. The molecule has 2 aromatic rings. The Kier molecular flexibility index (Phi) is 3.86. The number of aliphatic hydroxyl groups excluding tert-OH is 1. The van der Waals surface area contributed by atoms with Crippen LogP contribution in [0.25, 0.3) is 0 Å². The fourth-order valence-corrected chi connectivity index (χ4v) is 2.02. The normalized spacial score (nSPS) is 12.4. The monoisotopic (exact) mass is 295 g/mol. The molecule has 0 amide bonds. The molecule has 0 aliphatic heterocycles. The maximum Gasteiger partial charge on any atom is 0.123 e. The fourth-order valence-electron chi connectivity index (χ4n) is 1.61. The zero-order valence-corrected chi connectivity index (χ0v) is 10.6. The molecule has 1 N–H and O–H groups in total. The maximum absolute atomic E-state index is 13.1. The van der Waals surface area contributed by atoms with Crippen molar-refractivity contribution in [2.75, 3.05) is 0 Å². The topological polar surface area (TPSA) is 33.1 Å². The highest BCUT2D eigenvalue weighted by Gasteiger charge is 2.11. The molecule has 2 nitrogen and oxygen atoms in total. The predicted molar refractivity (Wildman–Crippen MR) is 67.0 cm³/mol. The minimum atomic E-state index is -0.656. The predicted octanol–water partition coefficient (Wildman–Crippen LogP) is 3.26. The Hall–Kier alpha value is -1.26. The molecule has 0 spiro atoms. The summed E-state index contributed by atoms with van der Waals surface area (Å²) in [5, 5.41) is 10.0. The molecule has 0 radical (unpaired) electrons. The lowest BCUT2D eigenvalue weighted by atomic mass is 10.0. The number of halogens is 2. The molecule has 0 fully saturated rings. The number of aromatic nitrogens is 1. The van der Waals surface area contributed by atoms with Gasteiger partial charge in [0.15, 0.2) is 0 Å². The van der Waals surface area contributed by atoms with Crippen molar-refractivity contribution in [2.24, 2.45) is 0 Å². The number of pyridine rings is 1. The van der Waals surface area contributed by atoms with E-state index < -0.39 is 6.10 Å². The van der Waals surface area contributed by atoms with Gasteiger partial charge in [0.05, 0.1) is 6.10 Å². The first-order valence-corrected chi connectivity index (χ1v) is 5.98. The van der Waals surface area contributed by atoms with Gasteiger partial charge in [-0.1, -0.05) is 15.9 Å². The van der Waals surface area contributed by atoms with E-state index in [0.717, 1.165) is 15.6 Å². The van der Waals surface area contributed by atoms with Crippen LogP contribution in [0.3, 0.4) is 0 Å². The van der Waals surface area contributed by atoms with Crippen LogP contribution in [0.1, 0.15) is 17.2 Å². The van der Waals surface area contributed by atoms with E-state index in [-0.39, 0.29) is 5.82 Å². The first kappa shape index (κ1) is 12.2. The van der Waals surface area contributed by atoms with Gasteiger partial charge in [0.2, 0.25) is 0 Å². The Labute approximate surface area is 107 Å². The number of rotatable bonds is 3. The number of hydrogen-bond donors (Lipinski definition) is 1. The van der Waals surface area contributed by atoms with Crippen LogP contribution in [-0.2, 0) is 6.42 Å². The van der Waals surface area contributed by atoms with Crippen molar-refractivity contribution < 1.29 is 9.50 Å². The van der Waals surface area contributed by atoms with Gasteiger partial charge in [-0.15, -0.1) is 0 Å². The van der Waals surface area contributed by atoms with Crippen molar-refractivity contribution in [1.82, 2.24) is 4.98 Å². The average molecular weight is 296 g/mol. The summed E-state index contributed by atoms with van der Waals surface area (Å²) in [5.74, 6) is -0.301. The van der Waals surface area contributed by atoms with Crippen LogP contribution in [-0.4, -0.2) is 10.1 Å². The minimum Gasteiger partial charge on any atom is -0.388 e. The second-order valence-electron chi connectivity index (χ2n) is 3.74. The lowest BCUT2D eigenvalue weighted by Gasteiger charge is -2.12. The van der Waals surface area contributed by atoms with Crippen LogP contribution < -0.4 is 0 Å². The van der Waals surface area contributed by atoms with Crippen LogP contribution >= 0.6 is 15.9 Å². The molecule has 0 aliphatic rings. The molecule has 0 aliphatic carbocycles. The van der Waals surface area contributed by atoms with Crippen LogP contribution in [0.2, 0.25) is 0 Å². The van der Waals surface area contributed by atoms with Gasteiger partial charge < -0.3 is 5.11 Å². The van der Waals surface area contributed by atoms with E-state index in [9.17, 15) is 9.50 Å². The molecule has 1 heterocycles. The van der Waals surface area contributed by atoms with Gasteiger partial charge in [0, 0.05) is 23.3 Å². The van der Waals surface area contributed by atoms with Crippen molar-refractivity contribution in [3.05, 3.63) is 64.1 Å². The molecular weight excluding hydrogens is 285 g/mol. The average Bonchev–Trinajstić information content (AvgIpc) is 2.35. The number of aliphatic hydroxyl groups is 1. The molecule has 88 valence electrons. The van der Waals surface area contributed by atoms with Crippen LogP contribution in [0.15, 0.2) is 47.2 Å². The molecule has 1 aromatic heterocycles. The van der Waals surface area contributed by atoms with E-state index in [2.05, 4.69) is 20.9 Å². The third-order valence-electron chi connectivity index (χ3n) is 2.51. The first-order valence-electron chi connectivity index (χ1n) is 5.19. The van der Waals surface area contributed by atoms with Gasteiger partial charge in [0.1, 0.15) is 5.82 Å². The smallest absolute Gasteiger partial charge is 0.123 e. The maximum atomic E-state index is 13.1. The molecule has 2 rings (SSSR count). The van der Waals surface area contributed by atoms with Crippen LogP contribution in [0, 0.1) is 5.82 Å². The second kappa shape index (κ2) is 5.38. The van der Waals surface area contributed by atoms with Crippen molar-refractivity contribution in [2.45, 2.75) is 12.5 Å². The number of hydrogen-bond acceptors (Lipinski definition) is 2. The summed E-state index contributed by atoms with van der Waals surface area (Å²) in [6.07, 6.45) is 2.96. The summed E-state index contributed by atoms with van der Waals surface area (Å²) in [7, 11) is 0.